The molecule has 0 atom stereocenters. The van der Waals surface area contributed by atoms with E-state index in [4.69, 9.17) is 4.42 Å². The van der Waals surface area contributed by atoms with Crippen LogP contribution < -0.4 is 10.2 Å². The van der Waals surface area contributed by atoms with Crippen LogP contribution in [0.2, 0.25) is 0 Å². The molecule has 0 aliphatic carbocycles. The Hall–Kier alpha value is -2.61. The maximum absolute atomic E-state index is 12.6. The van der Waals surface area contributed by atoms with Gasteiger partial charge in [0.25, 0.3) is 11.8 Å². The molecule has 0 fully saturated rings. The quantitative estimate of drug-likeness (QED) is 0.857. The lowest BCUT2D eigenvalue weighted by atomic mass is 10.1. The Kier molecular flexibility index (Phi) is 3.42. The Balaban J connectivity index is 1.65. The summed E-state index contributed by atoms with van der Waals surface area (Å²) in [5.74, 6) is 0.348. The zero-order chi connectivity index (χ0) is 16.8. The first-order chi connectivity index (χ1) is 11.5. The molecule has 1 aromatic heterocycles. The van der Waals surface area contributed by atoms with Crippen molar-refractivity contribution in [1.29, 1.82) is 0 Å². The molecule has 0 saturated carbocycles. The zero-order valence-electron chi connectivity index (χ0n) is 12.7. The number of nitrogens with one attached hydrogen (secondary N) is 1. The summed E-state index contributed by atoms with van der Waals surface area (Å²) in [6.45, 7) is 1.41. The van der Waals surface area contributed by atoms with Crippen LogP contribution in [0.1, 0.15) is 20.9 Å². The fraction of sp³-hybridized carbons (Fsp3) is 0.188. The van der Waals surface area contributed by atoms with Crippen molar-refractivity contribution < 1.29 is 14.0 Å². The molecule has 1 aromatic carbocycles. The summed E-state index contributed by atoms with van der Waals surface area (Å²) in [6, 6.07) is 8.50. The van der Waals surface area contributed by atoms with Crippen LogP contribution in [0.5, 0.6) is 0 Å². The van der Waals surface area contributed by atoms with Gasteiger partial charge < -0.3 is 14.6 Å². The van der Waals surface area contributed by atoms with E-state index >= 15 is 0 Å². The number of benzene rings is 1. The van der Waals surface area contributed by atoms with E-state index in [-0.39, 0.29) is 17.6 Å². The van der Waals surface area contributed by atoms with Gasteiger partial charge in [-0.3, -0.25) is 19.5 Å². The van der Waals surface area contributed by atoms with E-state index in [2.05, 4.69) is 26.2 Å². The van der Waals surface area contributed by atoms with Gasteiger partial charge in [-0.05, 0) is 46.3 Å². The number of rotatable bonds is 2. The summed E-state index contributed by atoms with van der Waals surface area (Å²) in [5, 5.41) is 2.74. The molecular weight excluding hydrogens is 376 g/mol. The van der Waals surface area contributed by atoms with Crippen LogP contribution in [-0.2, 0) is 0 Å². The maximum atomic E-state index is 12.6. The van der Waals surface area contributed by atoms with Gasteiger partial charge >= 0.3 is 0 Å². The molecule has 2 aromatic rings. The van der Waals surface area contributed by atoms with Gasteiger partial charge in [0.1, 0.15) is 0 Å². The molecule has 4 rings (SSSR count). The Labute approximate surface area is 146 Å². The normalized spacial score (nSPS) is 15.9. The van der Waals surface area contributed by atoms with Crippen LogP contribution >= 0.6 is 15.9 Å². The van der Waals surface area contributed by atoms with Crippen molar-refractivity contribution in [2.45, 2.75) is 0 Å². The Morgan fingerprint density at radius 3 is 2.92 bits per heavy atom. The van der Waals surface area contributed by atoms with Gasteiger partial charge in [-0.15, -0.1) is 0 Å². The van der Waals surface area contributed by atoms with Gasteiger partial charge in [-0.2, -0.15) is 0 Å². The predicted octanol–water partition coefficient (Wildman–Crippen LogP) is 2.56. The molecule has 0 unspecified atom stereocenters. The van der Waals surface area contributed by atoms with Crippen LogP contribution in [0, 0.1) is 0 Å². The Morgan fingerprint density at radius 2 is 2.17 bits per heavy atom. The number of carbonyl (C=O) groups excluding carboxylic acids is 2. The first kappa shape index (κ1) is 14.9. The second kappa shape index (κ2) is 5.48. The summed E-state index contributed by atoms with van der Waals surface area (Å²) < 4.78 is 5.71. The van der Waals surface area contributed by atoms with Crippen LogP contribution in [0.25, 0.3) is 0 Å². The minimum Gasteiger partial charge on any atom is -0.444 e. The van der Waals surface area contributed by atoms with Crippen molar-refractivity contribution in [2.75, 3.05) is 30.4 Å². The molecule has 2 aliphatic heterocycles. The molecule has 0 saturated heterocycles. The molecule has 0 radical (unpaired) electrons. The third kappa shape index (κ3) is 2.30. The Bertz CT molecular complexity index is 889. The minimum atomic E-state index is -0.374. The smallest absolute Gasteiger partial charge is 0.291 e. The highest BCUT2D eigenvalue weighted by Crippen LogP contribution is 2.32. The summed E-state index contributed by atoms with van der Waals surface area (Å²) >= 11 is 3.16. The molecule has 2 aliphatic rings. The van der Waals surface area contributed by atoms with Crippen LogP contribution in [0.15, 0.2) is 44.4 Å². The summed E-state index contributed by atoms with van der Waals surface area (Å²) in [5.41, 5.74) is 1.89. The van der Waals surface area contributed by atoms with Gasteiger partial charge in [0, 0.05) is 19.3 Å². The van der Waals surface area contributed by atoms with E-state index in [1.165, 1.54) is 4.90 Å². The summed E-state index contributed by atoms with van der Waals surface area (Å²) in [7, 11) is 1.70. The van der Waals surface area contributed by atoms with E-state index in [1.807, 2.05) is 11.0 Å². The molecule has 8 heteroatoms. The second-order valence-electron chi connectivity index (χ2n) is 5.49. The molecule has 122 valence electrons. The van der Waals surface area contributed by atoms with E-state index in [0.29, 0.717) is 28.4 Å². The molecule has 0 bridgehead atoms. The average Bonchev–Trinajstić information content (AvgIpc) is 3.21. The number of fused-ring (bicyclic) bond motifs is 3. The van der Waals surface area contributed by atoms with E-state index in [0.717, 1.165) is 12.2 Å². The molecule has 0 spiro atoms. The van der Waals surface area contributed by atoms with E-state index in [1.54, 1.807) is 31.3 Å². The SMILES string of the molecule is CN1C(=O)c2cc(NC(=O)c3ccc(Br)o3)ccc2N2CCN=C12. The number of hydrogen-bond donors (Lipinski definition) is 1. The van der Waals surface area contributed by atoms with E-state index < -0.39 is 0 Å². The van der Waals surface area contributed by atoms with Crippen LogP contribution in [0.4, 0.5) is 11.4 Å². The van der Waals surface area contributed by atoms with Crippen LogP contribution in [-0.4, -0.2) is 42.8 Å². The van der Waals surface area contributed by atoms with Gasteiger partial charge in [-0.1, -0.05) is 0 Å². The number of hydrogen-bond acceptors (Lipinski definition) is 5. The second-order valence-corrected chi connectivity index (χ2v) is 6.27. The number of aliphatic imine (C=N–C) groups is 1. The van der Waals surface area contributed by atoms with Gasteiger partial charge in [0.2, 0.25) is 5.96 Å². The monoisotopic (exact) mass is 388 g/mol. The van der Waals surface area contributed by atoms with Crippen molar-refractivity contribution in [2.24, 2.45) is 4.99 Å². The van der Waals surface area contributed by atoms with Crippen molar-refractivity contribution in [3.8, 4) is 0 Å². The molecular formula is C16H13BrN4O3. The number of amides is 2. The van der Waals surface area contributed by atoms with Gasteiger partial charge in [0.05, 0.1) is 17.8 Å². The fourth-order valence-electron chi connectivity index (χ4n) is 2.87. The zero-order valence-corrected chi connectivity index (χ0v) is 14.3. The van der Waals surface area contributed by atoms with Gasteiger partial charge in [-0.25, -0.2) is 0 Å². The Morgan fingerprint density at radius 1 is 1.33 bits per heavy atom. The van der Waals surface area contributed by atoms with Crippen molar-refractivity contribution >= 4 is 45.1 Å². The molecule has 24 heavy (non-hydrogen) atoms. The molecule has 2 amide bonds. The van der Waals surface area contributed by atoms with Crippen molar-refractivity contribution in [1.82, 2.24) is 4.90 Å². The highest BCUT2D eigenvalue weighted by Gasteiger charge is 2.35. The number of halogens is 1. The fourth-order valence-corrected chi connectivity index (χ4v) is 3.18. The number of carbonyl (C=O) groups is 2. The number of furan rings is 1. The first-order valence-corrected chi connectivity index (χ1v) is 8.14. The highest BCUT2D eigenvalue weighted by molar-refractivity contribution is 9.10. The molecule has 1 N–H and O–H groups in total. The van der Waals surface area contributed by atoms with Gasteiger partial charge in [0.15, 0.2) is 10.4 Å². The lowest BCUT2D eigenvalue weighted by molar-refractivity contribution is 0.0865. The van der Waals surface area contributed by atoms with Crippen molar-refractivity contribution in [3.05, 3.63) is 46.3 Å². The molecule has 7 nitrogen and oxygen atoms in total. The predicted molar refractivity (Wildman–Crippen MR) is 92.5 cm³/mol. The van der Waals surface area contributed by atoms with Crippen LogP contribution in [0.3, 0.4) is 0 Å². The first-order valence-electron chi connectivity index (χ1n) is 7.35. The minimum absolute atomic E-state index is 0.140. The van der Waals surface area contributed by atoms with E-state index in [9.17, 15) is 9.59 Å². The standard InChI is InChI=1S/C16H13BrN4O3/c1-20-15(23)10-8-9(19-14(22)12-4-5-13(17)24-12)2-3-11(10)21-7-6-18-16(20)21/h2-5,8H,6-7H2,1H3,(H,19,22). The number of guanidine groups is 1. The lowest BCUT2D eigenvalue weighted by Gasteiger charge is -2.33. The topological polar surface area (TPSA) is 78.2 Å². The largest absolute Gasteiger partial charge is 0.444 e. The average molecular weight is 389 g/mol. The number of nitrogens with zero attached hydrogens (tertiary/aromatic N) is 3. The third-order valence-corrected chi connectivity index (χ3v) is 4.42. The van der Waals surface area contributed by atoms with Crippen molar-refractivity contribution in [3.63, 3.8) is 0 Å². The lowest BCUT2D eigenvalue weighted by Crippen LogP contribution is -2.48. The number of anilines is 2. The highest BCUT2D eigenvalue weighted by atomic mass is 79.9. The summed E-state index contributed by atoms with van der Waals surface area (Å²) in [4.78, 5) is 32.6. The third-order valence-electron chi connectivity index (χ3n) is 4.00. The maximum Gasteiger partial charge on any atom is 0.291 e. The molecule has 3 heterocycles. The summed E-state index contributed by atoms with van der Waals surface area (Å²) in [6.07, 6.45) is 0.